The number of urea groups is 1. The molecule has 3 rings (SSSR count). The largest absolute Gasteiger partial charge is 0.333 e. The lowest BCUT2D eigenvalue weighted by molar-refractivity contribution is 0.102. The third kappa shape index (κ3) is 5.35. The Hall–Kier alpha value is -2.88. The highest BCUT2D eigenvalue weighted by Gasteiger charge is 2.20. The lowest BCUT2D eigenvalue weighted by Gasteiger charge is -2.12. The van der Waals surface area contributed by atoms with E-state index in [-0.39, 0.29) is 10.1 Å². The normalized spacial score (nSPS) is 11.0. The van der Waals surface area contributed by atoms with E-state index in [0.717, 1.165) is 11.3 Å². The van der Waals surface area contributed by atoms with Gasteiger partial charge in [0.15, 0.2) is 0 Å². The Bertz CT molecular complexity index is 1160. The van der Waals surface area contributed by atoms with Crippen LogP contribution in [0.3, 0.4) is 0 Å². The van der Waals surface area contributed by atoms with Crippen LogP contribution in [0.4, 0.5) is 16.2 Å². The molecule has 2 aromatic carbocycles. The van der Waals surface area contributed by atoms with E-state index in [1.165, 1.54) is 12.1 Å². The van der Waals surface area contributed by atoms with E-state index in [4.69, 9.17) is 11.6 Å². The zero-order chi connectivity index (χ0) is 21.0. The van der Waals surface area contributed by atoms with Gasteiger partial charge in [0.1, 0.15) is 4.21 Å². The van der Waals surface area contributed by atoms with Crippen LogP contribution in [0.1, 0.15) is 15.9 Å². The molecule has 0 saturated carbocycles. The number of hydrogen-bond donors (Lipinski definition) is 3. The van der Waals surface area contributed by atoms with E-state index in [1.54, 1.807) is 49.4 Å². The van der Waals surface area contributed by atoms with Crippen LogP contribution in [-0.2, 0) is 10.0 Å². The molecule has 0 spiro atoms. The highest BCUT2D eigenvalue weighted by Crippen LogP contribution is 2.25. The van der Waals surface area contributed by atoms with Crippen molar-refractivity contribution < 1.29 is 18.0 Å². The summed E-state index contributed by atoms with van der Waals surface area (Å²) in [6.07, 6.45) is 0. The number of hydrogen-bond acceptors (Lipinski definition) is 5. The summed E-state index contributed by atoms with van der Waals surface area (Å²) >= 11 is 6.58. The number of carbonyl (C=O) groups excluding carboxylic acids is 2. The van der Waals surface area contributed by atoms with Gasteiger partial charge in [0.2, 0.25) is 0 Å². The van der Waals surface area contributed by atoms with Crippen molar-refractivity contribution in [1.82, 2.24) is 4.72 Å². The first-order valence-corrected chi connectivity index (χ1v) is 11.0. The number of carbonyl (C=O) groups is 2. The van der Waals surface area contributed by atoms with Crippen molar-refractivity contribution in [3.63, 3.8) is 0 Å². The van der Waals surface area contributed by atoms with Gasteiger partial charge in [-0.05, 0) is 55.0 Å². The van der Waals surface area contributed by atoms with E-state index in [0.29, 0.717) is 26.8 Å². The van der Waals surface area contributed by atoms with Crippen molar-refractivity contribution in [2.75, 3.05) is 10.6 Å². The fourth-order valence-electron chi connectivity index (χ4n) is 2.44. The maximum Gasteiger partial charge on any atom is 0.333 e. The molecular weight excluding hydrogens is 434 g/mol. The minimum atomic E-state index is -4.01. The third-order valence-electron chi connectivity index (χ3n) is 3.81. The van der Waals surface area contributed by atoms with Crippen LogP contribution in [0, 0.1) is 6.92 Å². The molecule has 0 aliphatic heterocycles. The second kappa shape index (κ2) is 8.64. The molecule has 3 N–H and O–H groups in total. The molecule has 0 radical (unpaired) electrons. The van der Waals surface area contributed by atoms with Crippen molar-refractivity contribution >= 4 is 56.3 Å². The summed E-state index contributed by atoms with van der Waals surface area (Å²) in [7, 11) is -4.01. The number of sulfonamides is 1. The van der Waals surface area contributed by atoms with Crippen molar-refractivity contribution in [1.29, 1.82) is 0 Å². The Balaban J connectivity index is 1.65. The van der Waals surface area contributed by atoms with Crippen LogP contribution < -0.4 is 15.4 Å². The fourth-order valence-corrected chi connectivity index (χ4v) is 4.83. The maximum absolute atomic E-state index is 12.3. The van der Waals surface area contributed by atoms with Crippen molar-refractivity contribution in [3.8, 4) is 0 Å². The van der Waals surface area contributed by atoms with Crippen molar-refractivity contribution in [3.05, 3.63) is 76.1 Å². The molecule has 0 atom stereocenters. The van der Waals surface area contributed by atoms with Gasteiger partial charge >= 0.3 is 6.03 Å². The molecular formula is C19H16ClN3O4S2. The zero-order valence-electron chi connectivity index (χ0n) is 15.1. The number of anilines is 2. The van der Waals surface area contributed by atoms with E-state index >= 15 is 0 Å². The van der Waals surface area contributed by atoms with Gasteiger partial charge in [-0.25, -0.2) is 17.9 Å². The Morgan fingerprint density at radius 2 is 1.69 bits per heavy atom. The summed E-state index contributed by atoms with van der Waals surface area (Å²) in [5.41, 5.74) is 2.16. The van der Waals surface area contributed by atoms with E-state index < -0.39 is 16.1 Å². The predicted octanol–water partition coefficient (Wildman–Crippen LogP) is 4.47. The van der Waals surface area contributed by atoms with Gasteiger partial charge in [-0.2, -0.15) is 0 Å². The number of aryl methyl sites for hydroxylation is 1. The highest BCUT2D eigenvalue weighted by atomic mass is 35.5. The topological polar surface area (TPSA) is 104 Å². The van der Waals surface area contributed by atoms with Gasteiger partial charge in [-0.3, -0.25) is 4.79 Å². The Kier molecular flexibility index (Phi) is 6.21. The van der Waals surface area contributed by atoms with Crippen molar-refractivity contribution in [2.45, 2.75) is 11.1 Å². The third-order valence-corrected chi connectivity index (χ3v) is 6.86. The standard InChI is InChI=1S/C19H16ClN3O4S2/c1-12-11-14(7-8-15(12)22-18(24)13-5-3-2-4-6-13)21-19(25)23-29(26,27)17-10-9-16(20)28-17/h2-11H,1H3,(H,22,24)(H2,21,23,25). The number of benzene rings is 2. The second-order valence-electron chi connectivity index (χ2n) is 5.97. The number of amides is 3. The van der Waals surface area contributed by atoms with E-state index in [9.17, 15) is 18.0 Å². The maximum atomic E-state index is 12.3. The smallest absolute Gasteiger partial charge is 0.322 e. The SMILES string of the molecule is Cc1cc(NC(=O)NS(=O)(=O)c2ccc(Cl)s2)ccc1NC(=O)c1ccccc1. The lowest BCUT2D eigenvalue weighted by Crippen LogP contribution is -2.33. The molecule has 3 aromatic rings. The van der Waals surface area contributed by atoms with E-state index in [1.807, 2.05) is 10.8 Å². The van der Waals surface area contributed by atoms with Crippen LogP contribution in [0.5, 0.6) is 0 Å². The first-order valence-electron chi connectivity index (χ1n) is 8.31. The molecule has 0 bridgehead atoms. The summed E-state index contributed by atoms with van der Waals surface area (Å²) in [5.74, 6) is -0.257. The molecule has 0 aliphatic carbocycles. The van der Waals surface area contributed by atoms with Gasteiger partial charge in [0, 0.05) is 16.9 Å². The van der Waals surface area contributed by atoms with Gasteiger partial charge in [-0.15, -0.1) is 11.3 Å². The lowest BCUT2D eigenvalue weighted by atomic mass is 10.1. The van der Waals surface area contributed by atoms with Crippen LogP contribution in [0.15, 0.2) is 64.9 Å². The minimum absolute atomic E-state index is 0.0622. The molecule has 0 saturated heterocycles. The molecule has 7 nitrogen and oxygen atoms in total. The molecule has 0 fully saturated rings. The van der Waals surface area contributed by atoms with Gasteiger partial charge in [-0.1, -0.05) is 29.8 Å². The first-order chi connectivity index (χ1) is 13.7. The Labute approximate surface area is 176 Å². The molecule has 150 valence electrons. The van der Waals surface area contributed by atoms with Crippen LogP contribution in [0.25, 0.3) is 0 Å². The Morgan fingerprint density at radius 3 is 2.31 bits per heavy atom. The molecule has 0 aliphatic rings. The zero-order valence-corrected chi connectivity index (χ0v) is 17.5. The van der Waals surface area contributed by atoms with Gasteiger partial charge < -0.3 is 10.6 Å². The molecule has 1 aromatic heterocycles. The molecule has 1 heterocycles. The first kappa shape index (κ1) is 20.8. The van der Waals surface area contributed by atoms with Gasteiger partial charge in [0.05, 0.1) is 4.34 Å². The van der Waals surface area contributed by atoms with Crippen molar-refractivity contribution in [2.24, 2.45) is 0 Å². The predicted molar refractivity (Wildman–Crippen MR) is 114 cm³/mol. The second-order valence-corrected chi connectivity index (χ2v) is 9.59. The molecule has 0 unspecified atom stereocenters. The van der Waals surface area contributed by atoms with E-state index in [2.05, 4.69) is 10.6 Å². The summed E-state index contributed by atoms with van der Waals surface area (Å²) in [5, 5.41) is 5.25. The summed E-state index contributed by atoms with van der Waals surface area (Å²) in [6.45, 7) is 1.76. The van der Waals surface area contributed by atoms with Gasteiger partial charge in [0.25, 0.3) is 15.9 Å². The quantitative estimate of drug-likeness (QED) is 0.534. The van der Waals surface area contributed by atoms with Crippen LogP contribution in [-0.4, -0.2) is 20.4 Å². The Morgan fingerprint density at radius 1 is 0.966 bits per heavy atom. The fraction of sp³-hybridized carbons (Fsp3) is 0.0526. The average Bonchev–Trinajstić information content (AvgIpc) is 3.11. The number of nitrogens with one attached hydrogen (secondary N) is 3. The molecule has 10 heteroatoms. The summed E-state index contributed by atoms with van der Waals surface area (Å²) in [4.78, 5) is 24.3. The molecule has 3 amide bonds. The number of rotatable bonds is 5. The number of halogens is 1. The molecule has 29 heavy (non-hydrogen) atoms. The highest BCUT2D eigenvalue weighted by molar-refractivity contribution is 7.92. The van der Waals surface area contributed by atoms with Crippen LogP contribution >= 0.6 is 22.9 Å². The number of thiophene rings is 1. The minimum Gasteiger partial charge on any atom is -0.322 e. The average molecular weight is 450 g/mol. The summed E-state index contributed by atoms with van der Waals surface area (Å²) in [6, 6.07) is 15.4. The summed E-state index contributed by atoms with van der Waals surface area (Å²) < 4.78 is 26.5. The monoisotopic (exact) mass is 449 g/mol. The van der Waals surface area contributed by atoms with Crippen LogP contribution in [0.2, 0.25) is 4.34 Å².